The molecule has 5 heteroatoms. The molecule has 0 bridgehead atoms. The highest BCUT2D eigenvalue weighted by atomic mass is 32.1. The first kappa shape index (κ1) is 14.7. The number of nitrogens with one attached hydrogen (secondary N) is 1. The molecule has 20 heavy (non-hydrogen) atoms. The summed E-state index contributed by atoms with van der Waals surface area (Å²) in [5.74, 6) is -0.131. The first-order valence-electron chi connectivity index (χ1n) is 6.55. The second kappa shape index (κ2) is 6.63. The molecule has 0 aliphatic heterocycles. The number of aliphatic hydroxyl groups excluding tert-OH is 1. The molecule has 4 nitrogen and oxygen atoms in total. The Morgan fingerprint density at radius 2 is 2.05 bits per heavy atom. The summed E-state index contributed by atoms with van der Waals surface area (Å²) in [5.41, 5.74) is 1.39. The van der Waals surface area contributed by atoms with Crippen LogP contribution in [0.1, 0.15) is 24.3 Å². The molecule has 1 atom stereocenters. The van der Waals surface area contributed by atoms with Gasteiger partial charge in [-0.05, 0) is 5.92 Å². The Kier molecular flexibility index (Phi) is 4.87. The molecule has 2 N–H and O–H groups in total. The maximum atomic E-state index is 11.9. The highest BCUT2D eigenvalue weighted by Gasteiger charge is 2.14. The number of carbonyl (C=O) groups is 1. The van der Waals surface area contributed by atoms with Gasteiger partial charge in [-0.3, -0.25) is 4.79 Å². The molecule has 1 aromatic heterocycles. The third kappa shape index (κ3) is 3.65. The van der Waals surface area contributed by atoms with E-state index in [1.807, 2.05) is 44.2 Å². The van der Waals surface area contributed by atoms with Gasteiger partial charge in [-0.15, -0.1) is 11.3 Å². The first-order valence-corrected chi connectivity index (χ1v) is 7.43. The molecule has 0 aliphatic rings. The van der Waals surface area contributed by atoms with E-state index in [0.717, 1.165) is 10.6 Å². The summed E-state index contributed by atoms with van der Waals surface area (Å²) in [6.07, 6.45) is -0.536. The average Bonchev–Trinajstić information content (AvgIpc) is 2.95. The lowest BCUT2D eigenvalue weighted by molar-refractivity contribution is 0.0868. The molecule has 106 valence electrons. The lowest BCUT2D eigenvalue weighted by Gasteiger charge is -2.14. The minimum Gasteiger partial charge on any atom is -0.391 e. The predicted molar refractivity (Wildman–Crippen MR) is 80.7 cm³/mol. The van der Waals surface area contributed by atoms with E-state index in [9.17, 15) is 9.90 Å². The summed E-state index contributed by atoms with van der Waals surface area (Å²) in [7, 11) is 0. The van der Waals surface area contributed by atoms with Gasteiger partial charge in [0.25, 0.3) is 5.91 Å². The van der Waals surface area contributed by atoms with Crippen LogP contribution in [-0.4, -0.2) is 28.6 Å². The van der Waals surface area contributed by atoms with Crippen LogP contribution in [-0.2, 0) is 0 Å². The molecule has 0 radical (unpaired) electrons. The molecule has 2 aromatic rings. The van der Waals surface area contributed by atoms with Crippen LogP contribution in [0.4, 0.5) is 0 Å². The van der Waals surface area contributed by atoms with Crippen molar-refractivity contribution in [1.29, 1.82) is 0 Å². The fourth-order valence-corrected chi connectivity index (χ4v) is 2.42. The highest BCUT2D eigenvalue weighted by Crippen LogP contribution is 2.23. The van der Waals surface area contributed by atoms with Crippen molar-refractivity contribution < 1.29 is 9.90 Å². The van der Waals surface area contributed by atoms with Crippen molar-refractivity contribution in [2.75, 3.05) is 6.54 Å². The number of hydrogen-bond acceptors (Lipinski definition) is 4. The van der Waals surface area contributed by atoms with Gasteiger partial charge in [0.05, 0.1) is 6.10 Å². The van der Waals surface area contributed by atoms with Gasteiger partial charge in [0.1, 0.15) is 10.7 Å². The predicted octanol–water partition coefficient (Wildman–Crippen LogP) is 2.56. The fraction of sp³-hybridized carbons (Fsp3) is 0.333. The Labute approximate surface area is 122 Å². The summed E-state index contributed by atoms with van der Waals surface area (Å²) in [6, 6.07) is 9.75. The van der Waals surface area contributed by atoms with E-state index >= 15 is 0 Å². The number of amides is 1. The van der Waals surface area contributed by atoms with E-state index in [2.05, 4.69) is 10.3 Å². The molecule has 0 aliphatic carbocycles. The summed E-state index contributed by atoms with van der Waals surface area (Å²) in [6.45, 7) is 4.06. The molecule has 1 unspecified atom stereocenters. The lowest BCUT2D eigenvalue weighted by atomic mass is 10.1. The number of aliphatic hydroxyl groups is 1. The van der Waals surface area contributed by atoms with Crippen molar-refractivity contribution in [3.63, 3.8) is 0 Å². The van der Waals surface area contributed by atoms with Crippen molar-refractivity contribution in [1.82, 2.24) is 10.3 Å². The van der Waals surface area contributed by atoms with E-state index in [-0.39, 0.29) is 18.4 Å². The third-order valence-corrected chi connectivity index (χ3v) is 3.89. The Hall–Kier alpha value is -1.72. The van der Waals surface area contributed by atoms with Gasteiger partial charge in [0.15, 0.2) is 0 Å². The van der Waals surface area contributed by atoms with Crippen LogP contribution in [0.15, 0.2) is 35.7 Å². The molecular weight excluding hydrogens is 272 g/mol. The van der Waals surface area contributed by atoms with Crippen molar-refractivity contribution in [3.05, 3.63) is 41.4 Å². The van der Waals surface area contributed by atoms with Gasteiger partial charge in [0, 0.05) is 17.5 Å². The summed E-state index contributed by atoms with van der Waals surface area (Å²) >= 11 is 1.44. The minimum atomic E-state index is -0.536. The molecule has 0 saturated carbocycles. The van der Waals surface area contributed by atoms with Crippen LogP contribution in [0.2, 0.25) is 0 Å². The summed E-state index contributed by atoms with van der Waals surface area (Å²) in [4.78, 5) is 16.3. The minimum absolute atomic E-state index is 0.116. The largest absolute Gasteiger partial charge is 0.391 e. The number of carbonyl (C=O) groups excluding carboxylic acids is 1. The summed E-state index contributed by atoms with van der Waals surface area (Å²) in [5, 5.41) is 14.9. The van der Waals surface area contributed by atoms with Gasteiger partial charge in [-0.25, -0.2) is 4.98 Å². The Morgan fingerprint density at radius 3 is 2.70 bits per heavy atom. The van der Waals surface area contributed by atoms with Gasteiger partial charge in [-0.1, -0.05) is 44.2 Å². The zero-order chi connectivity index (χ0) is 14.5. The third-order valence-electron chi connectivity index (χ3n) is 3.00. The average molecular weight is 290 g/mol. The van der Waals surface area contributed by atoms with E-state index in [1.165, 1.54) is 11.3 Å². The van der Waals surface area contributed by atoms with Gasteiger partial charge in [0.2, 0.25) is 0 Å². The Morgan fingerprint density at radius 1 is 1.35 bits per heavy atom. The quantitative estimate of drug-likeness (QED) is 0.889. The van der Waals surface area contributed by atoms with E-state index < -0.39 is 6.10 Å². The molecular formula is C15H18N2O2S. The van der Waals surface area contributed by atoms with Crippen molar-refractivity contribution in [2.45, 2.75) is 20.0 Å². The Balaban J connectivity index is 2.00. The number of benzene rings is 1. The van der Waals surface area contributed by atoms with Gasteiger partial charge >= 0.3 is 0 Å². The van der Waals surface area contributed by atoms with Crippen molar-refractivity contribution >= 4 is 17.2 Å². The maximum absolute atomic E-state index is 11.9. The van der Waals surface area contributed by atoms with E-state index in [4.69, 9.17) is 0 Å². The monoisotopic (exact) mass is 290 g/mol. The van der Waals surface area contributed by atoms with E-state index in [1.54, 1.807) is 5.38 Å². The lowest BCUT2D eigenvalue weighted by Crippen LogP contribution is -2.34. The van der Waals surface area contributed by atoms with Gasteiger partial charge < -0.3 is 10.4 Å². The first-order chi connectivity index (χ1) is 9.58. The second-order valence-corrected chi connectivity index (χ2v) is 5.78. The SMILES string of the molecule is CC(C)C(O)CNC(=O)c1csc(-c2ccccc2)n1. The molecule has 0 spiro atoms. The van der Waals surface area contributed by atoms with Crippen LogP contribution in [0, 0.1) is 5.92 Å². The molecule has 1 heterocycles. The smallest absolute Gasteiger partial charge is 0.270 e. The number of nitrogens with zero attached hydrogens (tertiary/aromatic N) is 1. The zero-order valence-corrected chi connectivity index (χ0v) is 12.4. The molecule has 2 rings (SSSR count). The molecule has 0 saturated heterocycles. The maximum Gasteiger partial charge on any atom is 0.270 e. The van der Waals surface area contributed by atoms with E-state index in [0.29, 0.717) is 5.69 Å². The summed E-state index contributed by atoms with van der Waals surface area (Å²) < 4.78 is 0. The highest BCUT2D eigenvalue weighted by molar-refractivity contribution is 7.13. The number of aromatic nitrogens is 1. The van der Waals surface area contributed by atoms with Crippen LogP contribution >= 0.6 is 11.3 Å². The fourth-order valence-electron chi connectivity index (χ4n) is 1.61. The van der Waals surface area contributed by atoms with Crippen LogP contribution in [0.3, 0.4) is 0 Å². The second-order valence-electron chi connectivity index (χ2n) is 4.93. The normalized spacial score (nSPS) is 12.4. The topological polar surface area (TPSA) is 62.2 Å². The van der Waals surface area contributed by atoms with Crippen molar-refractivity contribution in [3.8, 4) is 10.6 Å². The number of thiazole rings is 1. The van der Waals surface area contributed by atoms with Crippen LogP contribution in [0.5, 0.6) is 0 Å². The number of hydrogen-bond donors (Lipinski definition) is 2. The standard InChI is InChI=1S/C15H18N2O2S/c1-10(2)13(18)8-16-14(19)12-9-20-15(17-12)11-6-4-3-5-7-11/h3-7,9-10,13,18H,8H2,1-2H3,(H,16,19). The Bertz CT molecular complexity index is 566. The molecule has 1 aromatic carbocycles. The molecule has 1 amide bonds. The van der Waals surface area contributed by atoms with Crippen molar-refractivity contribution in [2.24, 2.45) is 5.92 Å². The number of rotatable bonds is 5. The van der Waals surface area contributed by atoms with Gasteiger partial charge in [-0.2, -0.15) is 0 Å². The van der Waals surface area contributed by atoms with Crippen LogP contribution < -0.4 is 5.32 Å². The molecule has 0 fully saturated rings. The zero-order valence-electron chi connectivity index (χ0n) is 11.5. The van der Waals surface area contributed by atoms with Crippen LogP contribution in [0.25, 0.3) is 10.6 Å².